The summed E-state index contributed by atoms with van der Waals surface area (Å²) in [5, 5.41) is 14.6. The van der Waals surface area contributed by atoms with E-state index in [1.807, 2.05) is 11.8 Å². The van der Waals surface area contributed by atoms with Crippen LogP contribution in [-0.4, -0.2) is 30.6 Å². The van der Waals surface area contributed by atoms with Gasteiger partial charge in [0, 0.05) is 31.3 Å². The first-order valence-corrected chi connectivity index (χ1v) is 7.94. The maximum absolute atomic E-state index is 13.8. The van der Waals surface area contributed by atoms with Crippen molar-refractivity contribution in [1.29, 1.82) is 0 Å². The zero-order chi connectivity index (χ0) is 15.4. The quantitative estimate of drug-likeness (QED) is 0.645. The third-order valence-corrected chi connectivity index (χ3v) is 4.40. The molecule has 0 bridgehead atoms. The second-order valence-electron chi connectivity index (χ2n) is 5.20. The number of benzene rings is 1. The highest BCUT2D eigenvalue weighted by Gasteiger charge is 2.24. The molecule has 1 N–H and O–H groups in total. The molecule has 1 saturated heterocycles. The van der Waals surface area contributed by atoms with Gasteiger partial charge in [-0.1, -0.05) is 6.42 Å². The number of anilines is 1. The number of rotatable bonds is 5. The number of nitro benzene ring substituents is 1. The molecule has 1 atom stereocenters. The lowest BCUT2D eigenvalue weighted by Crippen LogP contribution is -2.44. The van der Waals surface area contributed by atoms with Crippen LogP contribution in [0.2, 0.25) is 0 Å². The Morgan fingerprint density at radius 3 is 2.86 bits per heavy atom. The van der Waals surface area contributed by atoms with Crippen LogP contribution in [0.25, 0.3) is 0 Å². The smallest absolute Gasteiger partial charge is 0.293 e. The number of nitro groups is 1. The van der Waals surface area contributed by atoms with E-state index in [0.717, 1.165) is 25.8 Å². The van der Waals surface area contributed by atoms with Crippen molar-refractivity contribution < 1.29 is 9.31 Å². The molecule has 1 fully saturated rings. The minimum atomic E-state index is -0.481. The second-order valence-corrected chi connectivity index (χ2v) is 6.05. The minimum Gasteiger partial charge on any atom is -0.365 e. The summed E-state index contributed by atoms with van der Waals surface area (Å²) in [5.41, 5.74) is 0.275. The van der Waals surface area contributed by atoms with Crippen molar-refractivity contribution in [2.75, 3.05) is 24.5 Å². The van der Waals surface area contributed by atoms with E-state index in [4.69, 9.17) is 0 Å². The van der Waals surface area contributed by atoms with Gasteiger partial charge in [-0.2, -0.15) is 0 Å². The molecule has 1 aromatic carbocycles. The zero-order valence-corrected chi connectivity index (χ0v) is 13.5. The molecule has 1 heterocycles. The molecule has 7 heteroatoms. The molecule has 0 radical (unpaired) electrons. The molecule has 116 valence electrons. The van der Waals surface area contributed by atoms with Gasteiger partial charge in [-0.15, -0.1) is 0 Å². The largest absolute Gasteiger partial charge is 0.365 e. The van der Waals surface area contributed by atoms with Gasteiger partial charge in [0.2, 0.25) is 0 Å². The van der Waals surface area contributed by atoms with Gasteiger partial charge in [0.1, 0.15) is 11.5 Å². The number of hydrogen-bond acceptors (Lipinski definition) is 4. The maximum atomic E-state index is 13.8. The highest BCUT2D eigenvalue weighted by atomic mass is 79.9. The number of nitrogens with one attached hydrogen (secondary N) is 1. The summed E-state index contributed by atoms with van der Waals surface area (Å²) in [6, 6.07) is 2.78. The number of nitrogens with zero attached hydrogens (tertiary/aromatic N) is 2. The molecule has 0 amide bonds. The predicted octanol–water partition coefficient (Wildman–Crippen LogP) is 3.46. The van der Waals surface area contributed by atoms with Gasteiger partial charge in [-0.25, -0.2) is 4.39 Å². The van der Waals surface area contributed by atoms with Crippen LogP contribution in [0.3, 0.4) is 0 Å². The first kappa shape index (κ1) is 16.2. The third kappa shape index (κ3) is 3.91. The molecule has 2 rings (SSSR count). The van der Waals surface area contributed by atoms with E-state index < -0.39 is 10.7 Å². The molecular formula is C14H19BrFN3O2. The van der Waals surface area contributed by atoms with Crippen LogP contribution in [0.1, 0.15) is 26.2 Å². The van der Waals surface area contributed by atoms with Crippen molar-refractivity contribution in [3.8, 4) is 0 Å². The Kier molecular flexibility index (Phi) is 5.52. The lowest BCUT2D eigenvalue weighted by Gasteiger charge is -2.31. The summed E-state index contributed by atoms with van der Waals surface area (Å²) >= 11 is 3.01. The Balaban J connectivity index is 2.27. The van der Waals surface area contributed by atoms with Gasteiger partial charge in [-0.05, 0) is 42.2 Å². The van der Waals surface area contributed by atoms with Gasteiger partial charge in [0.15, 0.2) is 0 Å². The van der Waals surface area contributed by atoms with E-state index in [2.05, 4.69) is 21.2 Å². The summed E-state index contributed by atoms with van der Waals surface area (Å²) in [5.74, 6) is -0.481. The highest BCUT2D eigenvalue weighted by Crippen LogP contribution is 2.33. The van der Waals surface area contributed by atoms with Gasteiger partial charge >= 0.3 is 0 Å². The zero-order valence-electron chi connectivity index (χ0n) is 11.9. The Morgan fingerprint density at radius 2 is 2.29 bits per heavy atom. The molecule has 0 aromatic heterocycles. The summed E-state index contributed by atoms with van der Waals surface area (Å²) < 4.78 is 13.9. The molecule has 0 aliphatic carbocycles. The minimum absolute atomic E-state index is 0.0686. The number of piperidine rings is 1. The highest BCUT2D eigenvalue weighted by molar-refractivity contribution is 9.10. The van der Waals surface area contributed by atoms with Gasteiger partial charge < -0.3 is 10.2 Å². The van der Waals surface area contributed by atoms with Crippen LogP contribution in [0.4, 0.5) is 15.8 Å². The van der Waals surface area contributed by atoms with E-state index in [0.29, 0.717) is 24.8 Å². The fourth-order valence-corrected chi connectivity index (χ4v) is 3.00. The second kappa shape index (κ2) is 7.17. The van der Waals surface area contributed by atoms with Crippen molar-refractivity contribution in [1.82, 2.24) is 5.32 Å². The van der Waals surface area contributed by atoms with Gasteiger partial charge in [0.05, 0.1) is 9.40 Å². The molecule has 0 spiro atoms. The van der Waals surface area contributed by atoms with E-state index in [1.54, 1.807) is 0 Å². The van der Waals surface area contributed by atoms with Crippen molar-refractivity contribution in [3.05, 3.63) is 32.5 Å². The standard InChI is InChI=1S/C14H19BrFN3O2/c1-2-18(9-10-5-3-4-6-17-10)13-8-12(16)11(15)7-14(13)19(20)21/h7-8,10,17H,2-6,9H2,1H3. The molecule has 0 saturated carbocycles. The van der Waals surface area contributed by atoms with Crippen LogP contribution in [0.15, 0.2) is 16.6 Å². The predicted molar refractivity (Wildman–Crippen MR) is 84.3 cm³/mol. The molecule has 21 heavy (non-hydrogen) atoms. The monoisotopic (exact) mass is 359 g/mol. The molecule has 1 aliphatic heterocycles. The lowest BCUT2D eigenvalue weighted by molar-refractivity contribution is -0.384. The van der Waals surface area contributed by atoms with Gasteiger partial charge in [-0.3, -0.25) is 10.1 Å². The van der Waals surface area contributed by atoms with Crippen LogP contribution in [-0.2, 0) is 0 Å². The average molecular weight is 360 g/mol. The summed E-state index contributed by atoms with van der Waals surface area (Å²) in [6.07, 6.45) is 3.37. The van der Waals surface area contributed by atoms with E-state index in [1.165, 1.54) is 12.1 Å². The first-order valence-electron chi connectivity index (χ1n) is 7.14. The fourth-order valence-electron chi connectivity index (χ4n) is 2.67. The molecular weight excluding hydrogens is 341 g/mol. The topological polar surface area (TPSA) is 58.4 Å². The van der Waals surface area contributed by atoms with Crippen molar-refractivity contribution in [2.45, 2.75) is 32.2 Å². The molecule has 1 aromatic rings. The Morgan fingerprint density at radius 1 is 1.52 bits per heavy atom. The lowest BCUT2D eigenvalue weighted by atomic mass is 10.0. The van der Waals surface area contributed by atoms with E-state index in [9.17, 15) is 14.5 Å². The Hall–Kier alpha value is -1.21. The Labute approximate surface area is 131 Å². The maximum Gasteiger partial charge on any atom is 0.293 e. The molecule has 1 aliphatic rings. The van der Waals surface area contributed by atoms with Gasteiger partial charge in [0.25, 0.3) is 5.69 Å². The van der Waals surface area contributed by atoms with Crippen molar-refractivity contribution >= 4 is 27.3 Å². The van der Waals surface area contributed by atoms with Crippen molar-refractivity contribution in [2.24, 2.45) is 0 Å². The summed E-state index contributed by atoms with van der Waals surface area (Å²) in [4.78, 5) is 12.6. The average Bonchev–Trinajstić information content (AvgIpc) is 2.48. The fraction of sp³-hybridized carbons (Fsp3) is 0.571. The summed E-state index contributed by atoms with van der Waals surface area (Å²) in [7, 11) is 0. The first-order chi connectivity index (χ1) is 10.0. The van der Waals surface area contributed by atoms with Crippen LogP contribution >= 0.6 is 15.9 Å². The number of halogens is 2. The van der Waals surface area contributed by atoms with E-state index >= 15 is 0 Å². The van der Waals surface area contributed by atoms with E-state index in [-0.39, 0.29) is 10.2 Å². The molecule has 1 unspecified atom stereocenters. The van der Waals surface area contributed by atoms with Crippen LogP contribution in [0, 0.1) is 15.9 Å². The van der Waals surface area contributed by atoms with Crippen molar-refractivity contribution in [3.63, 3.8) is 0 Å². The molecule has 5 nitrogen and oxygen atoms in total. The number of likely N-dealkylation sites (N-methyl/N-ethyl adjacent to an activating group) is 1. The number of hydrogen-bond donors (Lipinski definition) is 1. The van der Waals surface area contributed by atoms with Crippen LogP contribution < -0.4 is 10.2 Å². The SMILES string of the molecule is CCN(CC1CCCCN1)c1cc(F)c(Br)cc1[N+](=O)[O-]. The van der Waals surface area contributed by atoms with Crippen LogP contribution in [0.5, 0.6) is 0 Å². The summed E-state index contributed by atoms with van der Waals surface area (Å²) in [6.45, 7) is 4.14. The third-order valence-electron chi connectivity index (χ3n) is 3.79. The Bertz CT molecular complexity index is 521. The normalized spacial score (nSPS) is 18.5.